The van der Waals surface area contributed by atoms with Crippen LogP contribution in [0.25, 0.3) is 0 Å². The van der Waals surface area contributed by atoms with Gasteiger partial charge in [-0.25, -0.2) is 0 Å². The van der Waals surface area contributed by atoms with E-state index in [2.05, 4.69) is 52.8 Å². The number of amides is 2. The highest BCUT2D eigenvalue weighted by molar-refractivity contribution is 5.99. The first kappa shape index (κ1) is 21.6. The van der Waals surface area contributed by atoms with Crippen molar-refractivity contribution in [2.45, 2.75) is 58.5 Å². The third-order valence-corrected chi connectivity index (χ3v) is 6.32. The van der Waals surface area contributed by atoms with Gasteiger partial charge in [0.2, 0.25) is 11.8 Å². The van der Waals surface area contributed by atoms with Gasteiger partial charge in [-0.2, -0.15) is 0 Å². The van der Waals surface area contributed by atoms with E-state index in [9.17, 15) is 9.59 Å². The average molecular weight is 420 g/mol. The van der Waals surface area contributed by atoms with Crippen LogP contribution in [0.5, 0.6) is 0 Å². The van der Waals surface area contributed by atoms with Crippen LogP contribution in [0.3, 0.4) is 0 Å². The zero-order chi connectivity index (χ0) is 21.6. The highest BCUT2D eigenvalue weighted by Crippen LogP contribution is 2.24. The summed E-state index contributed by atoms with van der Waals surface area (Å²) in [5.41, 5.74) is 5.64. The van der Waals surface area contributed by atoms with E-state index < -0.39 is 0 Å². The largest absolute Gasteiger partial charge is 0.352 e. The van der Waals surface area contributed by atoms with Gasteiger partial charge < -0.3 is 10.6 Å². The summed E-state index contributed by atoms with van der Waals surface area (Å²) in [5, 5.41) is 5.89. The molecule has 164 valence electrons. The van der Waals surface area contributed by atoms with Crippen LogP contribution in [0, 0.1) is 5.92 Å². The van der Waals surface area contributed by atoms with E-state index in [0.717, 1.165) is 42.1 Å². The maximum absolute atomic E-state index is 12.2. The second-order valence-electron chi connectivity index (χ2n) is 9.15. The van der Waals surface area contributed by atoms with Crippen LogP contribution in [0.15, 0.2) is 42.5 Å². The Hall–Kier alpha value is -2.66. The van der Waals surface area contributed by atoms with Crippen LogP contribution in [-0.2, 0) is 35.5 Å². The molecule has 0 aliphatic carbocycles. The van der Waals surface area contributed by atoms with E-state index in [1.165, 1.54) is 37.1 Å². The van der Waals surface area contributed by atoms with Gasteiger partial charge in [-0.3, -0.25) is 14.5 Å². The molecule has 0 saturated carbocycles. The molecule has 1 fully saturated rings. The monoisotopic (exact) mass is 419 g/mol. The molecule has 0 spiro atoms. The van der Waals surface area contributed by atoms with Crippen molar-refractivity contribution in [1.82, 2.24) is 10.2 Å². The minimum absolute atomic E-state index is 0.0562. The van der Waals surface area contributed by atoms with Gasteiger partial charge in [0.05, 0.1) is 6.42 Å². The molecule has 2 aliphatic heterocycles. The van der Waals surface area contributed by atoms with Gasteiger partial charge in [0.1, 0.15) is 0 Å². The second kappa shape index (κ2) is 10.1. The van der Waals surface area contributed by atoms with Gasteiger partial charge in [-0.05, 0) is 66.5 Å². The van der Waals surface area contributed by atoms with E-state index in [1.807, 2.05) is 12.1 Å². The van der Waals surface area contributed by atoms with Crippen molar-refractivity contribution in [2.75, 3.05) is 18.4 Å². The summed E-state index contributed by atoms with van der Waals surface area (Å²) in [5.74, 6) is 0.942. The summed E-state index contributed by atoms with van der Waals surface area (Å²) in [7, 11) is 0. The Morgan fingerprint density at radius 2 is 1.90 bits per heavy atom. The van der Waals surface area contributed by atoms with E-state index >= 15 is 0 Å². The molecule has 2 aromatic rings. The Labute approximate surface area is 185 Å². The lowest BCUT2D eigenvalue weighted by Gasteiger charge is -2.30. The van der Waals surface area contributed by atoms with Gasteiger partial charge in [0.15, 0.2) is 0 Å². The maximum atomic E-state index is 12.2. The fraction of sp³-hybridized carbons (Fsp3) is 0.462. The Kier molecular flexibility index (Phi) is 7.03. The maximum Gasteiger partial charge on any atom is 0.228 e. The Morgan fingerprint density at radius 1 is 1.13 bits per heavy atom. The molecule has 1 unspecified atom stereocenters. The fourth-order valence-corrected chi connectivity index (χ4v) is 4.63. The Bertz CT molecular complexity index is 923. The van der Waals surface area contributed by atoms with Crippen molar-refractivity contribution in [2.24, 2.45) is 5.92 Å². The van der Waals surface area contributed by atoms with Gasteiger partial charge >= 0.3 is 0 Å². The van der Waals surface area contributed by atoms with Crippen LogP contribution in [-0.4, -0.2) is 29.8 Å². The number of aryl methyl sites for hydroxylation is 1. The lowest BCUT2D eigenvalue weighted by Crippen LogP contribution is -2.33. The molecule has 4 rings (SSSR count). The number of hydrogen-bond donors (Lipinski definition) is 2. The predicted molar refractivity (Wildman–Crippen MR) is 124 cm³/mol. The number of likely N-dealkylation sites (tertiary alicyclic amines) is 1. The lowest BCUT2D eigenvalue weighted by atomic mass is 9.99. The van der Waals surface area contributed by atoms with Crippen LogP contribution >= 0.6 is 0 Å². The fourth-order valence-electron chi connectivity index (χ4n) is 4.63. The first-order chi connectivity index (χ1) is 15.0. The molecule has 2 aliphatic rings. The van der Waals surface area contributed by atoms with E-state index in [-0.39, 0.29) is 11.8 Å². The number of nitrogens with one attached hydrogen (secondary N) is 2. The smallest absolute Gasteiger partial charge is 0.228 e. The highest BCUT2D eigenvalue weighted by Gasteiger charge is 2.17. The molecule has 31 heavy (non-hydrogen) atoms. The molecule has 0 aromatic heterocycles. The zero-order valence-electron chi connectivity index (χ0n) is 18.5. The number of rotatable bonds is 8. The van der Waals surface area contributed by atoms with Gasteiger partial charge in [0.25, 0.3) is 0 Å². The molecule has 2 aromatic carbocycles. The van der Waals surface area contributed by atoms with Gasteiger partial charge in [0, 0.05) is 31.7 Å². The number of fused-ring (bicyclic) bond motifs is 1. The summed E-state index contributed by atoms with van der Waals surface area (Å²) < 4.78 is 0. The minimum atomic E-state index is 0.0562. The van der Waals surface area contributed by atoms with Gasteiger partial charge in [-0.15, -0.1) is 0 Å². The van der Waals surface area contributed by atoms with E-state index in [0.29, 0.717) is 19.4 Å². The third kappa shape index (κ3) is 6.17. The summed E-state index contributed by atoms with van der Waals surface area (Å²) in [6.07, 6.45) is 5.27. The van der Waals surface area contributed by atoms with Crippen molar-refractivity contribution in [3.8, 4) is 0 Å². The molecule has 2 heterocycles. The van der Waals surface area contributed by atoms with Gasteiger partial charge in [-0.1, -0.05) is 43.3 Å². The summed E-state index contributed by atoms with van der Waals surface area (Å²) in [6.45, 7) is 6.32. The van der Waals surface area contributed by atoms with Crippen LogP contribution in [0.2, 0.25) is 0 Å². The van der Waals surface area contributed by atoms with Crippen LogP contribution < -0.4 is 10.6 Å². The number of carbonyl (C=O) groups is 2. The first-order valence-electron chi connectivity index (χ1n) is 11.5. The molecular formula is C26H33N3O2. The number of nitrogens with zero attached hydrogens (tertiary/aromatic N) is 1. The molecular weight excluding hydrogens is 386 g/mol. The molecule has 5 nitrogen and oxygen atoms in total. The van der Waals surface area contributed by atoms with E-state index in [1.54, 1.807) is 0 Å². The topological polar surface area (TPSA) is 61.4 Å². The number of piperidine rings is 1. The van der Waals surface area contributed by atoms with Crippen molar-refractivity contribution in [3.63, 3.8) is 0 Å². The van der Waals surface area contributed by atoms with Crippen molar-refractivity contribution in [1.29, 1.82) is 0 Å². The molecule has 0 bridgehead atoms. The number of carbonyl (C=O) groups excluding carboxylic acids is 2. The van der Waals surface area contributed by atoms with Crippen LogP contribution in [0.4, 0.5) is 5.69 Å². The lowest BCUT2D eigenvalue weighted by molar-refractivity contribution is -0.121. The van der Waals surface area contributed by atoms with Crippen molar-refractivity contribution in [3.05, 3.63) is 64.7 Å². The Balaban J connectivity index is 1.16. The molecule has 2 amide bonds. The third-order valence-electron chi connectivity index (χ3n) is 6.32. The minimum Gasteiger partial charge on any atom is -0.352 e. The standard InChI is InChI=1S/C26H33N3O2/c1-19-4-3-13-29(17-19)18-22-9-7-21(8-10-22)16-27-25(30)6-2-5-20-11-12-24-23(14-20)15-26(31)28-24/h7-12,14,19H,2-6,13,15-18H2,1H3,(H,27,30)(H,28,31). The first-order valence-corrected chi connectivity index (χ1v) is 11.5. The average Bonchev–Trinajstić information content (AvgIpc) is 3.12. The normalized spacial score (nSPS) is 18.5. The van der Waals surface area contributed by atoms with Crippen molar-refractivity contribution < 1.29 is 9.59 Å². The zero-order valence-corrected chi connectivity index (χ0v) is 18.5. The van der Waals surface area contributed by atoms with Crippen LogP contribution in [0.1, 0.15) is 54.9 Å². The quantitative estimate of drug-likeness (QED) is 0.679. The SMILES string of the molecule is CC1CCCN(Cc2ccc(CNC(=O)CCCc3ccc4c(c3)CC(=O)N4)cc2)C1. The summed E-state index contributed by atoms with van der Waals surface area (Å²) in [4.78, 5) is 26.2. The number of hydrogen-bond acceptors (Lipinski definition) is 3. The highest BCUT2D eigenvalue weighted by atomic mass is 16.2. The van der Waals surface area contributed by atoms with Crippen molar-refractivity contribution >= 4 is 17.5 Å². The molecule has 0 radical (unpaired) electrons. The number of anilines is 1. The Morgan fingerprint density at radius 3 is 2.71 bits per heavy atom. The predicted octanol–water partition coefficient (Wildman–Crippen LogP) is 4.05. The number of benzene rings is 2. The second-order valence-corrected chi connectivity index (χ2v) is 9.15. The molecule has 1 atom stereocenters. The molecule has 1 saturated heterocycles. The molecule has 2 N–H and O–H groups in total. The summed E-state index contributed by atoms with van der Waals surface area (Å²) >= 11 is 0. The summed E-state index contributed by atoms with van der Waals surface area (Å²) in [6, 6.07) is 14.7. The molecule has 5 heteroatoms. The van der Waals surface area contributed by atoms with E-state index in [4.69, 9.17) is 0 Å².